The lowest BCUT2D eigenvalue weighted by atomic mass is 10.1. The molecule has 0 unspecified atom stereocenters. The molecule has 11 heteroatoms. The predicted octanol–water partition coefficient (Wildman–Crippen LogP) is 7.35. The summed E-state index contributed by atoms with van der Waals surface area (Å²) in [5.41, 5.74) is -0.679. The van der Waals surface area contributed by atoms with E-state index in [0.717, 1.165) is 10.9 Å². The highest BCUT2D eigenvalue weighted by Gasteiger charge is 2.33. The Morgan fingerprint density at radius 1 is 0.848 bits per heavy atom. The Morgan fingerprint density at radius 3 is 1.97 bits per heavy atom. The second-order valence-electron chi connectivity index (χ2n) is 6.88. The maximum absolute atomic E-state index is 13.4. The Labute approximate surface area is 202 Å². The molecule has 4 nitrogen and oxygen atoms in total. The monoisotopic (exact) mass is 530 g/mol. The van der Waals surface area contributed by atoms with Gasteiger partial charge in [0.1, 0.15) is 10.6 Å². The van der Waals surface area contributed by atoms with Crippen LogP contribution in [-0.4, -0.2) is 18.2 Å². The van der Waals surface area contributed by atoms with Gasteiger partial charge in [-0.3, -0.25) is 0 Å². The highest BCUT2D eigenvalue weighted by Crippen LogP contribution is 2.41. The Bertz CT molecular complexity index is 1410. The van der Waals surface area contributed by atoms with Gasteiger partial charge in [0.25, 0.3) is 0 Å². The fourth-order valence-electron chi connectivity index (χ4n) is 3.23. The van der Waals surface area contributed by atoms with Gasteiger partial charge in [0.05, 0.1) is 32.4 Å². The van der Waals surface area contributed by atoms with Crippen LogP contribution < -0.4 is 0 Å². The minimum absolute atomic E-state index is 0.0179. The summed E-state index contributed by atoms with van der Waals surface area (Å²) in [7, 11) is -4.05. The first-order valence-corrected chi connectivity index (χ1v) is 11.8. The average molecular weight is 532 g/mol. The van der Waals surface area contributed by atoms with Crippen LogP contribution in [0.25, 0.3) is 16.9 Å². The van der Waals surface area contributed by atoms with Crippen LogP contribution in [0.2, 0.25) is 15.1 Å². The third-order valence-corrected chi connectivity index (χ3v) is 7.35. The van der Waals surface area contributed by atoms with Gasteiger partial charge in [0.2, 0.25) is 9.84 Å². The number of halogens is 6. The van der Waals surface area contributed by atoms with Gasteiger partial charge in [0, 0.05) is 10.6 Å². The molecule has 3 aromatic carbocycles. The summed E-state index contributed by atoms with van der Waals surface area (Å²) in [6.45, 7) is 0. The topological polar surface area (TPSA) is 52.0 Å². The molecule has 170 valence electrons. The van der Waals surface area contributed by atoms with E-state index in [1.807, 2.05) is 0 Å². The van der Waals surface area contributed by atoms with E-state index in [2.05, 4.69) is 5.10 Å². The van der Waals surface area contributed by atoms with Crippen molar-refractivity contribution in [3.63, 3.8) is 0 Å². The maximum Gasteiger partial charge on any atom is 0.416 e. The summed E-state index contributed by atoms with van der Waals surface area (Å²) in [6.07, 6.45) is -3.56. The standard InChI is InChI=1S/C22H12Cl3F3N2O2S/c23-15-8-6-13(7-9-15)20-19(33(31,32)16-4-2-1-3-5-16)12-29-30(20)21-17(24)10-14(11-18(21)25)22(26,27)28/h1-12H. The molecule has 0 aliphatic carbocycles. The molecule has 1 heterocycles. The van der Waals surface area contributed by atoms with Crippen LogP contribution in [0.15, 0.2) is 82.7 Å². The van der Waals surface area contributed by atoms with Gasteiger partial charge < -0.3 is 0 Å². The van der Waals surface area contributed by atoms with Crippen molar-refractivity contribution in [2.45, 2.75) is 16.0 Å². The molecular weight excluding hydrogens is 520 g/mol. The van der Waals surface area contributed by atoms with Crippen molar-refractivity contribution in [3.8, 4) is 16.9 Å². The van der Waals surface area contributed by atoms with E-state index in [4.69, 9.17) is 34.8 Å². The Morgan fingerprint density at radius 2 is 1.42 bits per heavy atom. The van der Waals surface area contributed by atoms with Crippen LogP contribution in [0.5, 0.6) is 0 Å². The zero-order chi connectivity index (χ0) is 24.0. The smallest absolute Gasteiger partial charge is 0.229 e. The first kappa shape index (κ1) is 23.6. The highest BCUT2D eigenvalue weighted by atomic mass is 35.5. The fraction of sp³-hybridized carbons (Fsp3) is 0.0455. The number of hydrogen-bond donors (Lipinski definition) is 0. The second-order valence-corrected chi connectivity index (χ2v) is 10.0. The van der Waals surface area contributed by atoms with Crippen LogP contribution in [0.3, 0.4) is 0 Å². The van der Waals surface area contributed by atoms with Crippen molar-refractivity contribution in [2.24, 2.45) is 0 Å². The van der Waals surface area contributed by atoms with E-state index < -0.39 is 21.6 Å². The number of hydrogen-bond acceptors (Lipinski definition) is 3. The predicted molar refractivity (Wildman–Crippen MR) is 121 cm³/mol. The minimum atomic E-state index is -4.67. The molecule has 0 amide bonds. The molecule has 0 atom stereocenters. The molecule has 0 bridgehead atoms. The van der Waals surface area contributed by atoms with E-state index in [1.165, 1.54) is 12.1 Å². The lowest BCUT2D eigenvalue weighted by Gasteiger charge is -2.15. The molecule has 33 heavy (non-hydrogen) atoms. The van der Waals surface area contributed by atoms with E-state index in [-0.39, 0.29) is 31.2 Å². The maximum atomic E-state index is 13.4. The Balaban J connectivity index is 2.01. The van der Waals surface area contributed by atoms with Crippen LogP contribution in [0, 0.1) is 0 Å². The molecule has 1 aromatic heterocycles. The van der Waals surface area contributed by atoms with Gasteiger partial charge in [-0.05, 0) is 36.4 Å². The van der Waals surface area contributed by atoms with Crippen LogP contribution >= 0.6 is 34.8 Å². The minimum Gasteiger partial charge on any atom is -0.229 e. The van der Waals surface area contributed by atoms with Crippen molar-refractivity contribution >= 4 is 44.6 Å². The molecule has 0 saturated heterocycles. The lowest BCUT2D eigenvalue weighted by Crippen LogP contribution is -2.09. The fourth-order valence-corrected chi connectivity index (χ4v) is 5.42. The van der Waals surface area contributed by atoms with E-state index in [9.17, 15) is 21.6 Å². The number of benzene rings is 3. The molecule has 0 aliphatic heterocycles. The Kier molecular flexibility index (Phi) is 6.22. The first-order chi connectivity index (χ1) is 15.5. The summed E-state index contributed by atoms with van der Waals surface area (Å²) in [5, 5.41) is 3.85. The molecule has 0 aliphatic rings. The van der Waals surface area contributed by atoms with E-state index >= 15 is 0 Å². The first-order valence-electron chi connectivity index (χ1n) is 9.21. The normalized spacial score (nSPS) is 12.2. The summed E-state index contributed by atoms with van der Waals surface area (Å²) < 4.78 is 67.5. The Hall–Kier alpha value is -2.52. The molecule has 0 fully saturated rings. The zero-order valence-electron chi connectivity index (χ0n) is 16.3. The zero-order valence-corrected chi connectivity index (χ0v) is 19.4. The number of alkyl halides is 3. The second kappa shape index (κ2) is 8.68. The average Bonchev–Trinajstić information content (AvgIpc) is 3.19. The van der Waals surface area contributed by atoms with Crippen molar-refractivity contribution in [1.29, 1.82) is 0 Å². The van der Waals surface area contributed by atoms with Crippen molar-refractivity contribution < 1.29 is 21.6 Å². The number of rotatable bonds is 4. The molecule has 4 aromatic rings. The van der Waals surface area contributed by atoms with Gasteiger partial charge in [-0.25, -0.2) is 13.1 Å². The van der Waals surface area contributed by atoms with Gasteiger partial charge in [-0.15, -0.1) is 0 Å². The van der Waals surface area contributed by atoms with Crippen molar-refractivity contribution in [3.05, 3.63) is 93.6 Å². The number of aromatic nitrogens is 2. The third-order valence-electron chi connectivity index (χ3n) is 4.75. The number of nitrogens with zero attached hydrogens (tertiary/aromatic N) is 2. The molecule has 0 saturated carbocycles. The number of sulfone groups is 1. The van der Waals surface area contributed by atoms with Crippen molar-refractivity contribution in [1.82, 2.24) is 9.78 Å². The van der Waals surface area contributed by atoms with Crippen molar-refractivity contribution in [2.75, 3.05) is 0 Å². The summed E-state index contributed by atoms with van der Waals surface area (Å²) in [4.78, 5) is -0.160. The summed E-state index contributed by atoms with van der Waals surface area (Å²) in [5.74, 6) is 0. The largest absolute Gasteiger partial charge is 0.416 e. The van der Waals surface area contributed by atoms with E-state index in [1.54, 1.807) is 42.5 Å². The summed E-state index contributed by atoms with van der Waals surface area (Å²) >= 11 is 18.3. The van der Waals surface area contributed by atoms with Crippen LogP contribution in [-0.2, 0) is 16.0 Å². The third kappa shape index (κ3) is 4.48. The summed E-state index contributed by atoms with van der Waals surface area (Å²) in [6, 6.07) is 15.3. The van der Waals surface area contributed by atoms with Crippen LogP contribution in [0.4, 0.5) is 13.2 Å². The quantitative estimate of drug-likeness (QED) is 0.277. The SMILES string of the molecule is O=S(=O)(c1ccccc1)c1cnn(-c2c(Cl)cc(C(F)(F)F)cc2Cl)c1-c1ccc(Cl)cc1. The van der Waals surface area contributed by atoms with Gasteiger partial charge >= 0.3 is 6.18 Å². The molecule has 0 N–H and O–H groups in total. The van der Waals surface area contributed by atoms with E-state index in [0.29, 0.717) is 22.7 Å². The van der Waals surface area contributed by atoms with Gasteiger partial charge in [0.15, 0.2) is 0 Å². The van der Waals surface area contributed by atoms with Gasteiger partial charge in [-0.1, -0.05) is 65.1 Å². The molecule has 0 radical (unpaired) electrons. The van der Waals surface area contributed by atoms with Gasteiger partial charge in [-0.2, -0.15) is 18.3 Å². The lowest BCUT2D eigenvalue weighted by molar-refractivity contribution is -0.137. The molecule has 4 rings (SSSR count). The van der Waals surface area contributed by atoms with Crippen LogP contribution in [0.1, 0.15) is 5.56 Å². The molecular formula is C22H12Cl3F3N2O2S. The highest BCUT2D eigenvalue weighted by molar-refractivity contribution is 7.91. The molecule has 0 spiro atoms.